The van der Waals surface area contributed by atoms with E-state index in [9.17, 15) is 9.59 Å². The molecule has 0 saturated carbocycles. The molecule has 22 heavy (non-hydrogen) atoms. The summed E-state index contributed by atoms with van der Waals surface area (Å²) in [4.78, 5) is 20.5. The first kappa shape index (κ1) is 20.4. The van der Waals surface area contributed by atoms with Crippen molar-refractivity contribution in [2.75, 3.05) is 0 Å². The quantitative estimate of drug-likeness (QED) is 0.331. The summed E-state index contributed by atoms with van der Waals surface area (Å²) in [7, 11) is 0. The Morgan fingerprint density at radius 2 is 0.818 bits per heavy atom. The van der Waals surface area contributed by atoms with Crippen LogP contribution >= 0.6 is 0 Å². The monoisotopic (exact) mass is 310 g/mol. The highest BCUT2D eigenvalue weighted by atomic mass is 16.4. The average molecular weight is 310 g/mol. The van der Waals surface area contributed by atoms with Gasteiger partial charge in [0.25, 0.3) is 0 Å². The van der Waals surface area contributed by atoms with E-state index in [2.05, 4.69) is 0 Å². The lowest BCUT2D eigenvalue weighted by Crippen LogP contribution is -1.86. The molecule has 0 aromatic rings. The number of rotatable bonds is 15. The number of aliphatic carboxylic acids is 2. The van der Waals surface area contributed by atoms with Crippen LogP contribution in [-0.2, 0) is 9.59 Å². The predicted molar refractivity (Wildman–Crippen MR) is 89.0 cm³/mol. The number of carbonyl (C=O) groups is 2. The van der Waals surface area contributed by atoms with Gasteiger partial charge in [0, 0.05) is 12.2 Å². The number of hydrogen-bond donors (Lipinski definition) is 2. The van der Waals surface area contributed by atoms with Crippen molar-refractivity contribution in [3.05, 3.63) is 24.3 Å². The predicted octanol–water partition coefficient (Wildman–Crippen LogP) is 4.95. The molecule has 0 fully saturated rings. The van der Waals surface area contributed by atoms with Crippen LogP contribution in [0.1, 0.15) is 77.0 Å². The summed E-state index contributed by atoms with van der Waals surface area (Å²) in [5, 5.41) is 16.9. The maximum atomic E-state index is 10.2. The summed E-state index contributed by atoms with van der Waals surface area (Å²) in [6.45, 7) is 0. The van der Waals surface area contributed by atoms with E-state index < -0.39 is 11.9 Å². The normalized spacial score (nSPS) is 11.5. The first-order chi connectivity index (χ1) is 10.6. The Morgan fingerprint density at radius 1 is 0.545 bits per heavy atom. The fourth-order valence-corrected chi connectivity index (χ4v) is 2.31. The molecular formula is C18H30O4. The van der Waals surface area contributed by atoms with E-state index in [1.165, 1.54) is 63.5 Å². The lowest BCUT2D eigenvalue weighted by molar-refractivity contribution is -0.132. The Kier molecular flexibility index (Phi) is 14.7. The summed E-state index contributed by atoms with van der Waals surface area (Å²) in [6.07, 6.45) is 19.7. The molecule has 0 radical (unpaired) electrons. The molecule has 0 aliphatic carbocycles. The third kappa shape index (κ3) is 18.4. The molecule has 4 heteroatoms. The summed E-state index contributed by atoms with van der Waals surface area (Å²) in [5.41, 5.74) is 0. The molecule has 2 N–H and O–H groups in total. The highest BCUT2D eigenvalue weighted by Gasteiger charge is 1.93. The van der Waals surface area contributed by atoms with Gasteiger partial charge in [-0.1, -0.05) is 63.5 Å². The first-order valence-electron chi connectivity index (χ1n) is 8.42. The van der Waals surface area contributed by atoms with Crippen LogP contribution in [0, 0.1) is 0 Å². The van der Waals surface area contributed by atoms with Gasteiger partial charge in [-0.15, -0.1) is 0 Å². The summed E-state index contributed by atoms with van der Waals surface area (Å²) >= 11 is 0. The third-order valence-electron chi connectivity index (χ3n) is 3.51. The molecule has 0 bridgehead atoms. The minimum atomic E-state index is -0.863. The molecule has 4 nitrogen and oxygen atoms in total. The maximum absolute atomic E-state index is 10.2. The lowest BCUT2D eigenvalue weighted by atomic mass is 10.0. The van der Waals surface area contributed by atoms with Crippen LogP contribution in [0.15, 0.2) is 24.3 Å². The fraction of sp³-hybridized carbons (Fsp3) is 0.667. The molecule has 0 atom stereocenters. The number of carboxylic acid groups (broad SMARTS) is 2. The molecule has 0 aliphatic rings. The Morgan fingerprint density at radius 3 is 1.09 bits per heavy atom. The van der Waals surface area contributed by atoms with Crippen LogP contribution in [-0.4, -0.2) is 22.2 Å². The van der Waals surface area contributed by atoms with Crippen LogP contribution < -0.4 is 0 Å². The van der Waals surface area contributed by atoms with E-state index >= 15 is 0 Å². The second-order valence-electron chi connectivity index (χ2n) is 5.59. The molecule has 0 unspecified atom stereocenters. The van der Waals surface area contributed by atoms with E-state index in [0.717, 1.165) is 25.7 Å². The molecule has 126 valence electrons. The Labute approximate surface area is 133 Å². The van der Waals surface area contributed by atoms with Crippen molar-refractivity contribution in [1.82, 2.24) is 0 Å². The van der Waals surface area contributed by atoms with Crippen molar-refractivity contribution in [2.24, 2.45) is 0 Å². The summed E-state index contributed by atoms with van der Waals surface area (Å²) in [6, 6.07) is 0. The van der Waals surface area contributed by atoms with Gasteiger partial charge in [-0.05, 0) is 25.7 Å². The van der Waals surface area contributed by atoms with Crippen LogP contribution in [0.2, 0.25) is 0 Å². The highest BCUT2D eigenvalue weighted by Crippen LogP contribution is 2.12. The van der Waals surface area contributed by atoms with Gasteiger partial charge in [-0.25, -0.2) is 9.59 Å². The lowest BCUT2D eigenvalue weighted by Gasteiger charge is -2.01. The molecule has 0 aromatic carbocycles. The minimum absolute atomic E-state index is 0.863. The van der Waals surface area contributed by atoms with Gasteiger partial charge in [-0.3, -0.25) is 0 Å². The Bertz CT molecular complexity index is 311. The van der Waals surface area contributed by atoms with Crippen molar-refractivity contribution in [1.29, 1.82) is 0 Å². The maximum Gasteiger partial charge on any atom is 0.327 e. The topological polar surface area (TPSA) is 74.6 Å². The third-order valence-corrected chi connectivity index (χ3v) is 3.51. The Hall–Kier alpha value is -1.58. The average Bonchev–Trinajstić information content (AvgIpc) is 2.46. The van der Waals surface area contributed by atoms with Crippen molar-refractivity contribution in [2.45, 2.75) is 77.0 Å². The number of hydrogen-bond acceptors (Lipinski definition) is 2. The van der Waals surface area contributed by atoms with Crippen LogP contribution in [0.4, 0.5) is 0 Å². The molecule has 0 rings (SSSR count). The molecule has 0 saturated heterocycles. The van der Waals surface area contributed by atoms with Crippen LogP contribution in [0.25, 0.3) is 0 Å². The molecule has 0 heterocycles. The van der Waals surface area contributed by atoms with E-state index in [4.69, 9.17) is 10.2 Å². The smallest absolute Gasteiger partial charge is 0.327 e. The largest absolute Gasteiger partial charge is 0.478 e. The Balaban J connectivity index is 3.11. The van der Waals surface area contributed by atoms with E-state index in [-0.39, 0.29) is 0 Å². The molecule has 0 aliphatic heterocycles. The summed E-state index contributed by atoms with van der Waals surface area (Å²) in [5.74, 6) is -1.73. The molecular weight excluding hydrogens is 280 g/mol. The van der Waals surface area contributed by atoms with Gasteiger partial charge in [0.1, 0.15) is 0 Å². The van der Waals surface area contributed by atoms with Gasteiger partial charge in [0.2, 0.25) is 0 Å². The van der Waals surface area contributed by atoms with E-state index in [1.807, 2.05) is 0 Å². The standard InChI is InChI=1S/C18H30O4/c19-17(20)15-13-11-9-7-5-3-1-2-4-6-8-10-12-14-16-18(21)22/h13-16H,1-12H2,(H,19,20)(H,21,22). The van der Waals surface area contributed by atoms with Gasteiger partial charge in [-0.2, -0.15) is 0 Å². The zero-order valence-electron chi connectivity index (χ0n) is 13.5. The van der Waals surface area contributed by atoms with Crippen LogP contribution in [0.5, 0.6) is 0 Å². The minimum Gasteiger partial charge on any atom is -0.478 e. The van der Waals surface area contributed by atoms with Gasteiger partial charge in [0.05, 0.1) is 0 Å². The van der Waals surface area contributed by atoms with E-state index in [1.54, 1.807) is 12.2 Å². The van der Waals surface area contributed by atoms with Crippen LogP contribution in [0.3, 0.4) is 0 Å². The van der Waals surface area contributed by atoms with Gasteiger partial charge >= 0.3 is 11.9 Å². The zero-order valence-corrected chi connectivity index (χ0v) is 13.5. The number of allylic oxidation sites excluding steroid dienone is 2. The number of unbranched alkanes of at least 4 members (excludes halogenated alkanes) is 11. The van der Waals surface area contributed by atoms with Crippen molar-refractivity contribution < 1.29 is 19.8 Å². The van der Waals surface area contributed by atoms with Gasteiger partial charge < -0.3 is 10.2 Å². The first-order valence-corrected chi connectivity index (χ1v) is 8.42. The van der Waals surface area contributed by atoms with Crippen molar-refractivity contribution in [3.63, 3.8) is 0 Å². The summed E-state index contributed by atoms with van der Waals surface area (Å²) < 4.78 is 0. The molecule has 0 aromatic heterocycles. The SMILES string of the molecule is O=C(O)C=CCCCCCCCCCCCCC=CC(=O)O. The van der Waals surface area contributed by atoms with Crippen molar-refractivity contribution in [3.8, 4) is 0 Å². The molecule has 0 amide bonds. The second-order valence-corrected chi connectivity index (χ2v) is 5.59. The molecule has 0 spiro atoms. The van der Waals surface area contributed by atoms with E-state index in [0.29, 0.717) is 0 Å². The second kappa shape index (κ2) is 15.8. The fourth-order valence-electron chi connectivity index (χ4n) is 2.31. The highest BCUT2D eigenvalue weighted by molar-refractivity contribution is 5.79. The number of carboxylic acids is 2. The zero-order chi connectivity index (χ0) is 16.5. The van der Waals surface area contributed by atoms with Crippen molar-refractivity contribution >= 4 is 11.9 Å². The van der Waals surface area contributed by atoms with Gasteiger partial charge in [0.15, 0.2) is 0 Å².